The van der Waals surface area contributed by atoms with Crippen LogP contribution in [0.5, 0.6) is 0 Å². The molecule has 0 bridgehead atoms. The number of aryl methyl sites for hydroxylation is 1. The van der Waals surface area contributed by atoms with E-state index < -0.39 is 0 Å². The molecule has 2 aromatic carbocycles. The minimum Gasteiger partial charge on any atom is -0.323 e. The average Bonchev–Trinajstić information content (AvgIpc) is 2.50. The monoisotopic (exact) mass is 391 g/mol. The van der Waals surface area contributed by atoms with E-state index >= 15 is 0 Å². The Morgan fingerprint density at radius 2 is 1.91 bits per heavy atom. The van der Waals surface area contributed by atoms with Crippen LogP contribution in [-0.4, -0.2) is 11.7 Å². The van der Waals surface area contributed by atoms with Crippen molar-refractivity contribution >= 4 is 58.2 Å². The van der Waals surface area contributed by atoms with Gasteiger partial charge in [0.05, 0.1) is 21.5 Å². The molecule has 2 rings (SSSR count). The second kappa shape index (κ2) is 8.25. The maximum Gasteiger partial charge on any atom is 0.234 e. The second-order valence-electron chi connectivity index (χ2n) is 4.79. The molecule has 0 unspecified atom stereocenters. The largest absolute Gasteiger partial charge is 0.323 e. The summed E-state index contributed by atoms with van der Waals surface area (Å²) in [5.41, 5.74) is 1.60. The molecule has 1 amide bonds. The van der Waals surface area contributed by atoms with Gasteiger partial charge in [0.1, 0.15) is 5.82 Å². The van der Waals surface area contributed by atoms with E-state index in [0.717, 1.165) is 5.56 Å². The van der Waals surface area contributed by atoms with Crippen LogP contribution in [0.2, 0.25) is 15.1 Å². The minimum absolute atomic E-state index is 0.130. The predicted octanol–water partition coefficient (Wildman–Crippen LogP) is 5.97. The van der Waals surface area contributed by atoms with Crippen molar-refractivity contribution < 1.29 is 9.18 Å². The Morgan fingerprint density at radius 1 is 1.17 bits per heavy atom. The lowest BCUT2D eigenvalue weighted by Crippen LogP contribution is -2.15. The van der Waals surface area contributed by atoms with Crippen molar-refractivity contribution in [1.29, 1.82) is 0 Å². The number of anilines is 1. The third-order valence-electron chi connectivity index (χ3n) is 3.09. The summed E-state index contributed by atoms with van der Waals surface area (Å²) in [5, 5.41) is 3.82. The Kier molecular flexibility index (Phi) is 6.60. The molecule has 122 valence electrons. The third-order valence-corrected chi connectivity index (χ3v) is 5.21. The van der Waals surface area contributed by atoms with E-state index in [-0.39, 0.29) is 17.5 Å². The fourth-order valence-electron chi connectivity index (χ4n) is 1.86. The van der Waals surface area contributed by atoms with Gasteiger partial charge in [-0.2, -0.15) is 0 Å². The van der Waals surface area contributed by atoms with Crippen LogP contribution in [-0.2, 0) is 10.5 Å². The highest BCUT2D eigenvalue weighted by atomic mass is 35.5. The third kappa shape index (κ3) is 4.77. The van der Waals surface area contributed by atoms with Gasteiger partial charge in [0.2, 0.25) is 5.91 Å². The molecule has 2 nitrogen and oxygen atoms in total. The van der Waals surface area contributed by atoms with Crippen molar-refractivity contribution in [3.8, 4) is 0 Å². The summed E-state index contributed by atoms with van der Waals surface area (Å²) in [6.07, 6.45) is 0. The Morgan fingerprint density at radius 3 is 2.61 bits per heavy atom. The van der Waals surface area contributed by atoms with Crippen LogP contribution < -0.4 is 5.32 Å². The number of carbonyl (C=O) groups excluding carboxylic acids is 1. The maximum atomic E-state index is 13.6. The standard InChI is InChI=1S/C16H13Cl3FNOS/c1-9-5-6-12(18)16(15(9)19)21-14(22)8-23-7-10-11(17)3-2-4-13(10)20/h2-6H,7-8H2,1H3,(H,21,22). The van der Waals surface area contributed by atoms with Crippen LogP contribution in [0.1, 0.15) is 11.1 Å². The van der Waals surface area contributed by atoms with Crippen molar-refractivity contribution in [3.05, 3.63) is 62.3 Å². The van der Waals surface area contributed by atoms with Crippen LogP contribution in [0.4, 0.5) is 10.1 Å². The molecule has 0 atom stereocenters. The van der Waals surface area contributed by atoms with Crippen LogP contribution in [0.3, 0.4) is 0 Å². The first-order chi connectivity index (χ1) is 10.9. The molecule has 2 aromatic rings. The van der Waals surface area contributed by atoms with E-state index in [9.17, 15) is 9.18 Å². The molecule has 0 spiro atoms. The first kappa shape index (κ1) is 18.4. The lowest BCUT2D eigenvalue weighted by molar-refractivity contribution is -0.113. The van der Waals surface area contributed by atoms with E-state index in [1.807, 2.05) is 6.92 Å². The Hall–Kier alpha value is -0.940. The smallest absolute Gasteiger partial charge is 0.234 e. The molecule has 0 saturated carbocycles. The summed E-state index contributed by atoms with van der Waals surface area (Å²) < 4.78 is 13.6. The SMILES string of the molecule is Cc1ccc(Cl)c(NC(=O)CSCc2c(F)cccc2Cl)c1Cl. The summed E-state index contributed by atoms with van der Waals surface area (Å²) in [5.74, 6) is -0.216. The lowest BCUT2D eigenvalue weighted by Gasteiger charge is -2.11. The lowest BCUT2D eigenvalue weighted by atomic mass is 10.2. The Labute approximate surface area is 153 Å². The molecule has 0 aliphatic rings. The van der Waals surface area contributed by atoms with Crippen LogP contribution >= 0.6 is 46.6 Å². The van der Waals surface area contributed by atoms with E-state index in [1.165, 1.54) is 17.8 Å². The van der Waals surface area contributed by atoms with Crippen molar-refractivity contribution in [1.82, 2.24) is 0 Å². The Balaban J connectivity index is 1.95. The average molecular weight is 393 g/mol. The fraction of sp³-hybridized carbons (Fsp3) is 0.188. The molecule has 7 heteroatoms. The number of hydrogen-bond acceptors (Lipinski definition) is 2. The molecule has 0 aromatic heterocycles. The van der Waals surface area contributed by atoms with E-state index in [1.54, 1.807) is 24.3 Å². The van der Waals surface area contributed by atoms with E-state index in [4.69, 9.17) is 34.8 Å². The molecule has 0 fully saturated rings. The number of rotatable bonds is 5. The molecule has 23 heavy (non-hydrogen) atoms. The summed E-state index contributed by atoms with van der Waals surface area (Å²) >= 11 is 19.4. The molecular weight excluding hydrogens is 380 g/mol. The number of thioether (sulfide) groups is 1. The number of hydrogen-bond donors (Lipinski definition) is 1. The summed E-state index contributed by atoms with van der Waals surface area (Å²) in [6.45, 7) is 1.82. The summed E-state index contributed by atoms with van der Waals surface area (Å²) in [4.78, 5) is 12.0. The molecule has 0 aliphatic carbocycles. The minimum atomic E-state index is -0.379. The maximum absolute atomic E-state index is 13.6. The van der Waals surface area contributed by atoms with Crippen molar-refractivity contribution in [2.24, 2.45) is 0 Å². The predicted molar refractivity (Wildman–Crippen MR) is 97.4 cm³/mol. The normalized spacial score (nSPS) is 10.7. The zero-order valence-electron chi connectivity index (χ0n) is 12.1. The highest BCUT2D eigenvalue weighted by Gasteiger charge is 2.13. The van der Waals surface area contributed by atoms with Gasteiger partial charge in [-0.05, 0) is 30.7 Å². The highest BCUT2D eigenvalue weighted by molar-refractivity contribution is 7.99. The van der Waals surface area contributed by atoms with Crippen LogP contribution in [0.15, 0.2) is 30.3 Å². The summed E-state index contributed by atoms with van der Waals surface area (Å²) in [6, 6.07) is 7.95. The molecule has 0 heterocycles. The summed E-state index contributed by atoms with van der Waals surface area (Å²) in [7, 11) is 0. The van der Waals surface area contributed by atoms with Gasteiger partial charge in [0.25, 0.3) is 0 Å². The van der Waals surface area contributed by atoms with Gasteiger partial charge in [0.15, 0.2) is 0 Å². The Bertz CT molecular complexity index is 719. The topological polar surface area (TPSA) is 29.1 Å². The first-order valence-electron chi connectivity index (χ1n) is 6.65. The molecule has 0 saturated heterocycles. The van der Waals surface area contributed by atoms with Gasteiger partial charge < -0.3 is 5.32 Å². The van der Waals surface area contributed by atoms with Gasteiger partial charge in [-0.25, -0.2) is 4.39 Å². The molecule has 0 aliphatic heterocycles. The van der Waals surface area contributed by atoms with Gasteiger partial charge in [-0.1, -0.05) is 46.9 Å². The van der Waals surface area contributed by atoms with E-state index in [2.05, 4.69) is 5.32 Å². The van der Waals surface area contributed by atoms with Gasteiger partial charge in [-0.3, -0.25) is 4.79 Å². The molecular formula is C16H13Cl3FNOS. The quantitative estimate of drug-likeness (QED) is 0.679. The first-order valence-corrected chi connectivity index (χ1v) is 8.94. The molecule has 0 radical (unpaired) electrons. The number of benzene rings is 2. The van der Waals surface area contributed by atoms with Crippen LogP contribution in [0, 0.1) is 12.7 Å². The highest BCUT2D eigenvalue weighted by Crippen LogP contribution is 2.33. The fourth-order valence-corrected chi connectivity index (χ4v) is 3.49. The van der Waals surface area contributed by atoms with E-state index in [0.29, 0.717) is 32.1 Å². The van der Waals surface area contributed by atoms with Gasteiger partial charge in [-0.15, -0.1) is 11.8 Å². The number of amides is 1. The van der Waals surface area contributed by atoms with Gasteiger partial charge in [0, 0.05) is 16.3 Å². The van der Waals surface area contributed by atoms with Crippen molar-refractivity contribution in [2.75, 3.05) is 11.1 Å². The zero-order valence-corrected chi connectivity index (χ0v) is 15.2. The number of halogens is 4. The van der Waals surface area contributed by atoms with Crippen molar-refractivity contribution in [2.45, 2.75) is 12.7 Å². The molecule has 1 N–H and O–H groups in total. The number of nitrogens with one attached hydrogen (secondary N) is 1. The number of carbonyl (C=O) groups is 1. The zero-order chi connectivity index (χ0) is 17.0. The van der Waals surface area contributed by atoms with Gasteiger partial charge >= 0.3 is 0 Å². The van der Waals surface area contributed by atoms with Crippen LogP contribution in [0.25, 0.3) is 0 Å². The second-order valence-corrected chi connectivity index (χ2v) is 6.97. The van der Waals surface area contributed by atoms with Crippen molar-refractivity contribution in [3.63, 3.8) is 0 Å².